The molecule has 0 aliphatic carbocycles. The maximum Gasteiger partial charge on any atom is 0.264 e. The van der Waals surface area contributed by atoms with Gasteiger partial charge < -0.3 is 18.9 Å². The monoisotopic (exact) mass is 372 g/mol. The van der Waals surface area contributed by atoms with Crippen LogP contribution in [0.25, 0.3) is 0 Å². The second kappa shape index (κ2) is 6.94. The van der Waals surface area contributed by atoms with Gasteiger partial charge >= 0.3 is 0 Å². The quantitative estimate of drug-likeness (QED) is 0.705. The Morgan fingerprint density at radius 1 is 1.20 bits per heavy atom. The molecule has 2 heterocycles. The van der Waals surface area contributed by atoms with E-state index < -0.39 is 46.6 Å². The Hall–Kier alpha value is -1.03. The summed E-state index contributed by atoms with van der Waals surface area (Å²) < 4.78 is 51.8. The Bertz CT molecular complexity index is 688. The number of ether oxygens (including phenoxy) is 4. The minimum atomic E-state index is -3.69. The average molecular weight is 372 g/mol. The fourth-order valence-electron chi connectivity index (χ4n) is 3.09. The lowest BCUT2D eigenvalue weighted by molar-refractivity contribution is -0.226. The van der Waals surface area contributed by atoms with Crippen LogP contribution in [0.4, 0.5) is 0 Å². The van der Waals surface area contributed by atoms with Crippen LogP contribution in [0.5, 0.6) is 0 Å². The molecule has 2 aliphatic heterocycles. The van der Waals surface area contributed by atoms with Crippen LogP contribution < -0.4 is 0 Å². The third kappa shape index (κ3) is 4.58. The van der Waals surface area contributed by atoms with Crippen molar-refractivity contribution in [3.8, 4) is 0 Å². The zero-order valence-electron chi connectivity index (χ0n) is 14.7. The van der Waals surface area contributed by atoms with E-state index in [1.165, 1.54) is 0 Å². The molecule has 140 valence electrons. The van der Waals surface area contributed by atoms with Gasteiger partial charge in [0.15, 0.2) is 12.1 Å². The molecular weight excluding hydrogens is 348 g/mol. The van der Waals surface area contributed by atoms with E-state index in [0.29, 0.717) is 6.61 Å². The molecule has 2 saturated heterocycles. The van der Waals surface area contributed by atoms with Gasteiger partial charge in [-0.05, 0) is 26.3 Å². The molecule has 0 radical (unpaired) electrons. The predicted molar refractivity (Wildman–Crippen MR) is 89.1 cm³/mol. The highest BCUT2D eigenvalue weighted by molar-refractivity contribution is 7.86. The van der Waals surface area contributed by atoms with Crippen molar-refractivity contribution in [3.63, 3.8) is 0 Å². The minimum absolute atomic E-state index is 0.385. The number of rotatable bonds is 6. The van der Waals surface area contributed by atoms with Crippen LogP contribution in [0, 0.1) is 0 Å². The van der Waals surface area contributed by atoms with Crippen molar-refractivity contribution in [2.75, 3.05) is 6.26 Å². The molecule has 0 bridgehead atoms. The molecule has 3 rings (SSSR count). The molecule has 0 amide bonds. The maximum absolute atomic E-state index is 11.7. The summed E-state index contributed by atoms with van der Waals surface area (Å²) in [5, 5.41) is 0. The molecule has 0 spiro atoms. The van der Waals surface area contributed by atoms with Crippen LogP contribution in [0.3, 0.4) is 0 Å². The van der Waals surface area contributed by atoms with E-state index in [1.54, 1.807) is 13.8 Å². The van der Waals surface area contributed by atoms with E-state index in [-0.39, 0.29) is 0 Å². The van der Waals surface area contributed by atoms with Crippen molar-refractivity contribution in [3.05, 3.63) is 35.9 Å². The van der Waals surface area contributed by atoms with E-state index in [9.17, 15) is 8.42 Å². The number of hydrogen-bond acceptors (Lipinski definition) is 7. The molecule has 0 unspecified atom stereocenters. The second-order valence-electron chi connectivity index (χ2n) is 6.84. The van der Waals surface area contributed by atoms with E-state index in [4.69, 9.17) is 23.1 Å². The topological polar surface area (TPSA) is 80.3 Å². The zero-order valence-corrected chi connectivity index (χ0v) is 15.6. The Kier molecular flexibility index (Phi) is 5.21. The molecule has 2 fully saturated rings. The summed E-state index contributed by atoms with van der Waals surface area (Å²) in [5.74, 6) is -0.854. The molecule has 1 aromatic carbocycles. The summed E-state index contributed by atoms with van der Waals surface area (Å²) in [5.41, 5.74) is 1.02. The van der Waals surface area contributed by atoms with Crippen molar-refractivity contribution in [1.82, 2.24) is 0 Å². The summed E-state index contributed by atoms with van der Waals surface area (Å²) in [7, 11) is -3.69. The first-order chi connectivity index (χ1) is 11.6. The van der Waals surface area contributed by atoms with Crippen molar-refractivity contribution < 1.29 is 31.5 Å². The summed E-state index contributed by atoms with van der Waals surface area (Å²) >= 11 is 0. The fraction of sp³-hybridized carbons (Fsp3) is 0.647. The lowest BCUT2D eigenvalue weighted by Gasteiger charge is -2.28. The van der Waals surface area contributed by atoms with Crippen LogP contribution in [0.2, 0.25) is 0 Å². The third-order valence-corrected chi connectivity index (χ3v) is 4.70. The van der Waals surface area contributed by atoms with Gasteiger partial charge in [0.2, 0.25) is 0 Å². The van der Waals surface area contributed by atoms with Crippen molar-refractivity contribution in [1.29, 1.82) is 0 Å². The van der Waals surface area contributed by atoms with Gasteiger partial charge in [-0.2, -0.15) is 8.42 Å². The van der Waals surface area contributed by atoms with Crippen LogP contribution >= 0.6 is 0 Å². The standard InChI is InChI=1S/C17H24O7S/c1-11(20-10-12-8-6-5-7-9-12)13-14(24-25(4,18)19)15-16(21-13)23-17(2,3)22-15/h5-9,11,13-16H,10H2,1-4H3/t11-,13-,14+,15-,16-/m1/s1. The minimum Gasteiger partial charge on any atom is -0.371 e. The fourth-order valence-corrected chi connectivity index (χ4v) is 3.71. The van der Waals surface area contributed by atoms with Crippen molar-refractivity contribution >= 4 is 10.1 Å². The van der Waals surface area contributed by atoms with Crippen molar-refractivity contribution in [2.24, 2.45) is 0 Å². The summed E-state index contributed by atoms with van der Waals surface area (Å²) in [6, 6.07) is 9.70. The van der Waals surface area contributed by atoms with Gasteiger partial charge in [-0.3, -0.25) is 4.18 Å². The first-order valence-electron chi connectivity index (χ1n) is 8.19. The van der Waals surface area contributed by atoms with E-state index in [2.05, 4.69) is 0 Å². The Morgan fingerprint density at radius 2 is 1.88 bits per heavy atom. The molecule has 7 nitrogen and oxygen atoms in total. The highest BCUT2D eigenvalue weighted by atomic mass is 32.2. The maximum atomic E-state index is 11.7. The summed E-state index contributed by atoms with van der Waals surface area (Å²) in [6.07, 6.45) is -2.16. The van der Waals surface area contributed by atoms with Gasteiger partial charge in [-0.15, -0.1) is 0 Å². The molecule has 25 heavy (non-hydrogen) atoms. The summed E-state index contributed by atoms with van der Waals surface area (Å²) in [6.45, 7) is 5.70. The van der Waals surface area contributed by atoms with E-state index in [0.717, 1.165) is 11.8 Å². The average Bonchev–Trinajstić information content (AvgIpc) is 2.98. The smallest absolute Gasteiger partial charge is 0.264 e. The number of fused-ring (bicyclic) bond motifs is 1. The molecule has 1 aromatic rings. The predicted octanol–water partition coefficient (Wildman–Crippen LogP) is 1.81. The highest BCUT2D eigenvalue weighted by Gasteiger charge is 2.57. The van der Waals surface area contributed by atoms with Gasteiger partial charge in [0.05, 0.1) is 19.0 Å². The second-order valence-corrected chi connectivity index (χ2v) is 8.44. The zero-order chi connectivity index (χ0) is 18.2. The summed E-state index contributed by atoms with van der Waals surface area (Å²) in [4.78, 5) is 0. The lowest BCUT2D eigenvalue weighted by Crippen LogP contribution is -2.43. The molecule has 0 N–H and O–H groups in total. The molecule has 8 heteroatoms. The SMILES string of the molecule is C[C@@H](OCc1ccccc1)[C@H]1O[C@@H]2OC(C)(C)O[C@@H]2[C@H]1OS(C)(=O)=O. The van der Waals surface area contributed by atoms with Gasteiger partial charge in [0.25, 0.3) is 10.1 Å². The van der Waals surface area contributed by atoms with Crippen LogP contribution in [-0.2, 0) is 39.9 Å². The Morgan fingerprint density at radius 3 is 2.52 bits per heavy atom. The first kappa shape index (κ1) is 18.8. The Labute approximate surface area is 148 Å². The Balaban J connectivity index is 1.70. The number of hydrogen-bond donors (Lipinski definition) is 0. The van der Waals surface area contributed by atoms with Gasteiger partial charge in [-0.25, -0.2) is 0 Å². The van der Waals surface area contributed by atoms with Crippen LogP contribution in [-0.4, -0.2) is 51.2 Å². The van der Waals surface area contributed by atoms with Gasteiger partial charge in [0, 0.05) is 0 Å². The van der Waals surface area contributed by atoms with Gasteiger partial charge in [0.1, 0.15) is 18.3 Å². The largest absolute Gasteiger partial charge is 0.371 e. The molecule has 0 aromatic heterocycles. The molecular formula is C17H24O7S. The lowest BCUT2D eigenvalue weighted by atomic mass is 10.1. The van der Waals surface area contributed by atoms with Crippen LogP contribution in [0.15, 0.2) is 30.3 Å². The van der Waals surface area contributed by atoms with E-state index in [1.807, 2.05) is 37.3 Å². The normalized spacial score (nSPS) is 32.5. The number of benzene rings is 1. The first-order valence-corrected chi connectivity index (χ1v) is 10.0. The van der Waals surface area contributed by atoms with Crippen molar-refractivity contribution in [2.45, 2.75) is 63.9 Å². The molecule has 2 aliphatic rings. The van der Waals surface area contributed by atoms with Gasteiger partial charge in [-0.1, -0.05) is 30.3 Å². The van der Waals surface area contributed by atoms with Crippen LogP contribution in [0.1, 0.15) is 26.3 Å². The highest BCUT2D eigenvalue weighted by Crippen LogP contribution is 2.40. The third-order valence-electron chi connectivity index (χ3n) is 4.13. The molecule has 0 saturated carbocycles. The molecule has 5 atom stereocenters. The van der Waals surface area contributed by atoms with E-state index >= 15 is 0 Å².